The molecule has 0 saturated carbocycles. The predicted molar refractivity (Wildman–Crippen MR) is 74.1 cm³/mol. The standard InChI is InChI=1S/C11H14ClN5S/c1-3-13-10-5-4-8(12)9(15-10)6-18-11-14-7(2)16-17-11/h4-5H,3,6H2,1-2H3,(H,13,15)(H,14,16,17). The van der Waals surface area contributed by atoms with Gasteiger partial charge in [0.2, 0.25) is 5.16 Å². The van der Waals surface area contributed by atoms with Crippen LogP contribution in [0.25, 0.3) is 0 Å². The monoisotopic (exact) mass is 283 g/mol. The smallest absolute Gasteiger partial charge is 0.208 e. The maximum absolute atomic E-state index is 6.12. The molecule has 18 heavy (non-hydrogen) atoms. The Morgan fingerprint density at radius 3 is 2.89 bits per heavy atom. The molecule has 0 aliphatic rings. The minimum absolute atomic E-state index is 0.648. The quantitative estimate of drug-likeness (QED) is 0.826. The van der Waals surface area contributed by atoms with Crippen LogP contribution in [0.15, 0.2) is 17.3 Å². The first-order valence-electron chi connectivity index (χ1n) is 5.60. The summed E-state index contributed by atoms with van der Waals surface area (Å²) in [6, 6.07) is 3.72. The van der Waals surface area contributed by atoms with E-state index in [-0.39, 0.29) is 0 Å². The van der Waals surface area contributed by atoms with Gasteiger partial charge in [-0.2, -0.15) is 0 Å². The summed E-state index contributed by atoms with van der Waals surface area (Å²) in [7, 11) is 0. The van der Waals surface area contributed by atoms with E-state index in [2.05, 4.69) is 25.5 Å². The summed E-state index contributed by atoms with van der Waals surface area (Å²) < 4.78 is 0. The molecule has 96 valence electrons. The van der Waals surface area contributed by atoms with E-state index in [1.165, 1.54) is 11.8 Å². The molecule has 5 nitrogen and oxygen atoms in total. The lowest BCUT2D eigenvalue weighted by atomic mass is 10.3. The van der Waals surface area contributed by atoms with E-state index in [1.807, 2.05) is 26.0 Å². The third-order valence-corrected chi connectivity index (χ3v) is 3.39. The number of H-pyrrole nitrogens is 1. The van der Waals surface area contributed by atoms with Crippen LogP contribution in [-0.4, -0.2) is 26.7 Å². The summed E-state index contributed by atoms with van der Waals surface area (Å²) in [5, 5.41) is 11.4. The highest BCUT2D eigenvalue weighted by Gasteiger charge is 2.07. The second-order valence-corrected chi connectivity index (χ2v) is 5.00. The van der Waals surface area contributed by atoms with E-state index < -0.39 is 0 Å². The Morgan fingerprint density at radius 2 is 2.22 bits per heavy atom. The third-order valence-electron chi connectivity index (χ3n) is 2.19. The average molecular weight is 284 g/mol. The molecule has 0 bridgehead atoms. The van der Waals surface area contributed by atoms with Gasteiger partial charge in [0.25, 0.3) is 0 Å². The Kier molecular flexibility index (Phi) is 4.43. The van der Waals surface area contributed by atoms with E-state index in [0.717, 1.165) is 23.9 Å². The van der Waals surface area contributed by atoms with Crippen LogP contribution in [0, 0.1) is 6.92 Å². The van der Waals surface area contributed by atoms with Crippen molar-refractivity contribution in [3.05, 3.63) is 28.7 Å². The summed E-state index contributed by atoms with van der Waals surface area (Å²) in [6.45, 7) is 4.73. The molecule has 0 amide bonds. The first-order chi connectivity index (χ1) is 8.69. The summed E-state index contributed by atoms with van der Waals surface area (Å²) in [5.41, 5.74) is 0.836. The summed E-state index contributed by atoms with van der Waals surface area (Å²) in [6.07, 6.45) is 0. The second-order valence-electron chi connectivity index (χ2n) is 3.65. The largest absolute Gasteiger partial charge is 0.370 e. The maximum atomic E-state index is 6.12. The van der Waals surface area contributed by atoms with Crippen LogP contribution in [0.2, 0.25) is 5.02 Å². The number of hydrogen-bond acceptors (Lipinski definition) is 5. The molecule has 0 aromatic carbocycles. The van der Waals surface area contributed by atoms with E-state index in [0.29, 0.717) is 15.9 Å². The molecular weight excluding hydrogens is 270 g/mol. The number of aryl methyl sites for hydroxylation is 1. The maximum Gasteiger partial charge on any atom is 0.208 e. The number of halogens is 1. The van der Waals surface area contributed by atoms with Crippen LogP contribution in [0.3, 0.4) is 0 Å². The zero-order valence-electron chi connectivity index (χ0n) is 10.2. The lowest BCUT2D eigenvalue weighted by molar-refractivity contribution is 0.967. The number of nitrogens with one attached hydrogen (secondary N) is 2. The minimum Gasteiger partial charge on any atom is -0.370 e. The van der Waals surface area contributed by atoms with Crippen molar-refractivity contribution in [3.63, 3.8) is 0 Å². The summed E-state index contributed by atoms with van der Waals surface area (Å²) in [5.74, 6) is 2.29. The Morgan fingerprint density at radius 1 is 1.39 bits per heavy atom. The number of hydrogen-bond donors (Lipinski definition) is 2. The van der Waals surface area contributed by atoms with Crippen molar-refractivity contribution >= 4 is 29.2 Å². The third kappa shape index (κ3) is 3.36. The Balaban J connectivity index is 2.05. The van der Waals surface area contributed by atoms with Crippen molar-refractivity contribution < 1.29 is 0 Å². The van der Waals surface area contributed by atoms with Crippen LogP contribution < -0.4 is 5.32 Å². The number of anilines is 1. The molecule has 2 aromatic heterocycles. The molecule has 0 unspecified atom stereocenters. The van der Waals surface area contributed by atoms with Gasteiger partial charge in [-0.3, -0.25) is 5.10 Å². The van der Waals surface area contributed by atoms with Crippen molar-refractivity contribution in [2.45, 2.75) is 24.8 Å². The molecule has 0 fully saturated rings. The molecule has 2 rings (SSSR count). The second kappa shape index (κ2) is 6.06. The van der Waals surface area contributed by atoms with Crippen LogP contribution in [0.4, 0.5) is 5.82 Å². The highest BCUT2D eigenvalue weighted by atomic mass is 35.5. The van der Waals surface area contributed by atoms with Gasteiger partial charge in [0, 0.05) is 12.3 Å². The fourth-order valence-corrected chi connectivity index (χ4v) is 2.43. The van der Waals surface area contributed by atoms with Crippen molar-refractivity contribution in [1.29, 1.82) is 0 Å². The molecular formula is C11H14ClN5S. The van der Waals surface area contributed by atoms with Crippen molar-refractivity contribution in [2.75, 3.05) is 11.9 Å². The van der Waals surface area contributed by atoms with Crippen LogP contribution in [0.1, 0.15) is 18.4 Å². The molecule has 2 heterocycles. The zero-order chi connectivity index (χ0) is 13.0. The van der Waals surface area contributed by atoms with Crippen LogP contribution in [-0.2, 0) is 5.75 Å². The molecule has 0 aliphatic carbocycles. The lowest BCUT2D eigenvalue weighted by Crippen LogP contribution is -2.01. The Labute approximate surface area is 115 Å². The molecule has 2 N–H and O–H groups in total. The number of aromatic nitrogens is 4. The highest BCUT2D eigenvalue weighted by Crippen LogP contribution is 2.24. The fraction of sp³-hybridized carbons (Fsp3) is 0.364. The topological polar surface area (TPSA) is 66.5 Å². The van der Waals surface area contributed by atoms with Gasteiger partial charge in [-0.15, -0.1) is 5.10 Å². The van der Waals surface area contributed by atoms with Gasteiger partial charge >= 0.3 is 0 Å². The Bertz CT molecular complexity index is 528. The van der Waals surface area contributed by atoms with E-state index in [1.54, 1.807) is 0 Å². The molecule has 0 saturated heterocycles. The molecule has 7 heteroatoms. The number of pyridine rings is 1. The van der Waals surface area contributed by atoms with E-state index in [4.69, 9.17) is 11.6 Å². The molecule has 0 spiro atoms. The average Bonchev–Trinajstić information content (AvgIpc) is 2.76. The van der Waals surface area contributed by atoms with Crippen molar-refractivity contribution in [3.8, 4) is 0 Å². The van der Waals surface area contributed by atoms with Crippen LogP contribution in [0.5, 0.6) is 0 Å². The molecule has 2 aromatic rings. The number of nitrogens with zero attached hydrogens (tertiary/aromatic N) is 3. The highest BCUT2D eigenvalue weighted by molar-refractivity contribution is 7.98. The fourth-order valence-electron chi connectivity index (χ4n) is 1.38. The van der Waals surface area contributed by atoms with Gasteiger partial charge < -0.3 is 5.32 Å². The predicted octanol–water partition coefficient (Wildman–Crippen LogP) is 2.89. The Hall–Kier alpha value is -1.27. The van der Waals surface area contributed by atoms with Crippen molar-refractivity contribution in [2.24, 2.45) is 0 Å². The number of thioether (sulfide) groups is 1. The van der Waals surface area contributed by atoms with Crippen LogP contribution >= 0.6 is 23.4 Å². The number of rotatable bonds is 5. The lowest BCUT2D eigenvalue weighted by Gasteiger charge is -2.06. The van der Waals surface area contributed by atoms with Crippen molar-refractivity contribution in [1.82, 2.24) is 20.2 Å². The first-order valence-corrected chi connectivity index (χ1v) is 6.96. The van der Waals surface area contributed by atoms with E-state index in [9.17, 15) is 0 Å². The van der Waals surface area contributed by atoms with Gasteiger partial charge in [-0.1, -0.05) is 23.4 Å². The summed E-state index contributed by atoms with van der Waals surface area (Å²) in [4.78, 5) is 8.68. The molecule has 0 atom stereocenters. The number of aromatic amines is 1. The minimum atomic E-state index is 0.648. The van der Waals surface area contributed by atoms with Gasteiger partial charge in [0.1, 0.15) is 11.6 Å². The van der Waals surface area contributed by atoms with Gasteiger partial charge in [0.15, 0.2) is 0 Å². The summed E-state index contributed by atoms with van der Waals surface area (Å²) >= 11 is 7.62. The first kappa shape index (κ1) is 13.2. The molecule has 0 radical (unpaired) electrons. The zero-order valence-corrected chi connectivity index (χ0v) is 11.8. The van der Waals surface area contributed by atoms with Gasteiger partial charge in [-0.25, -0.2) is 9.97 Å². The SMILES string of the molecule is CCNc1ccc(Cl)c(CSc2n[nH]c(C)n2)n1. The molecule has 0 aliphatic heterocycles. The van der Waals surface area contributed by atoms with Gasteiger partial charge in [0.05, 0.1) is 10.7 Å². The van der Waals surface area contributed by atoms with E-state index >= 15 is 0 Å². The van der Waals surface area contributed by atoms with Gasteiger partial charge in [-0.05, 0) is 26.0 Å². The normalized spacial score (nSPS) is 10.6.